The van der Waals surface area contributed by atoms with Gasteiger partial charge in [0.05, 0.1) is 30.7 Å². The Balaban J connectivity index is 1.74. The third-order valence-corrected chi connectivity index (χ3v) is 4.56. The van der Waals surface area contributed by atoms with E-state index in [-0.39, 0.29) is 27.5 Å². The number of nitrogens with zero attached hydrogens (tertiary/aromatic N) is 3. The number of ether oxygens (including phenoxy) is 3. The fraction of sp³-hybridized carbons (Fsp3) is 0.150. The Morgan fingerprint density at radius 1 is 1.03 bits per heavy atom. The molecule has 4 aromatic rings. The van der Waals surface area contributed by atoms with Crippen molar-refractivity contribution in [1.82, 2.24) is 20.0 Å². The van der Waals surface area contributed by atoms with Gasteiger partial charge in [-0.15, -0.1) is 15.0 Å². The minimum absolute atomic E-state index is 0.163. The van der Waals surface area contributed by atoms with Gasteiger partial charge in [-0.25, -0.2) is 4.79 Å². The van der Waals surface area contributed by atoms with E-state index in [1.807, 2.05) is 0 Å². The normalized spacial score (nSPS) is 10.9. The fourth-order valence-corrected chi connectivity index (χ4v) is 3.01. The van der Waals surface area contributed by atoms with Crippen molar-refractivity contribution < 1.29 is 19.0 Å². The molecule has 0 spiro atoms. The largest absolute Gasteiger partial charge is 0.493 e. The van der Waals surface area contributed by atoms with Crippen LogP contribution in [0.4, 0.5) is 5.69 Å². The summed E-state index contributed by atoms with van der Waals surface area (Å²) in [6, 6.07) is 9.09. The number of aromatic nitrogens is 4. The van der Waals surface area contributed by atoms with Crippen LogP contribution in [0.5, 0.6) is 11.5 Å². The molecule has 0 aliphatic heterocycles. The molecule has 0 fully saturated rings. The van der Waals surface area contributed by atoms with Gasteiger partial charge in [0.1, 0.15) is 0 Å². The highest BCUT2D eigenvalue weighted by molar-refractivity contribution is 5.90. The number of nitrogen functional groups attached to an aromatic ring is 1. The predicted octanol–water partition coefficient (Wildman–Crippen LogP) is 1.05. The molecule has 0 unspecified atom stereocenters. The van der Waals surface area contributed by atoms with Crippen LogP contribution in [0, 0.1) is 0 Å². The minimum atomic E-state index is -0.634. The van der Waals surface area contributed by atoms with Gasteiger partial charge in [0.2, 0.25) is 12.2 Å². The second kappa shape index (κ2) is 7.78. The van der Waals surface area contributed by atoms with E-state index >= 15 is 0 Å². The Kier molecular flexibility index (Phi) is 4.99. The maximum Gasteiger partial charge on any atom is 0.339 e. The number of methoxy groups -OCH3 is 2. The van der Waals surface area contributed by atoms with E-state index in [9.17, 15) is 14.4 Å². The zero-order valence-corrected chi connectivity index (χ0v) is 16.5. The Morgan fingerprint density at radius 2 is 1.68 bits per heavy atom. The summed E-state index contributed by atoms with van der Waals surface area (Å²) in [5.41, 5.74) is 5.09. The van der Waals surface area contributed by atoms with Gasteiger partial charge in [0, 0.05) is 11.8 Å². The summed E-state index contributed by atoms with van der Waals surface area (Å²) in [5, 5.41) is 8.21. The smallest absolute Gasteiger partial charge is 0.339 e. The molecule has 0 saturated heterocycles. The van der Waals surface area contributed by atoms with Crippen molar-refractivity contribution in [2.24, 2.45) is 0 Å². The van der Waals surface area contributed by atoms with E-state index in [4.69, 9.17) is 19.9 Å². The second-order valence-corrected chi connectivity index (χ2v) is 6.49. The highest BCUT2D eigenvalue weighted by Crippen LogP contribution is 2.29. The van der Waals surface area contributed by atoms with Crippen LogP contribution in [0.25, 0.3) is 21.9 Å². The maximum absolute atomic E-state index is 13.0. The number of esters is 1. The molecule has 2 aromatic heterocycles. The lowest BCUT2D eigenvalue weighted by Crippen LogP contribution is -2.13. The summed E-state index contributed by atoms with van der Waals surface area (Å²) in [6.45, 7) is -0.393. The molecule has 11 nitrogen and oxygen atoms in total. The van der Waals surface area contributed by atoms with E-state index < -0.39 is 23.7 Å². The number of benzene rings is 2. The standard InChI is InChI=1S/C20H17N5O6/c1-29-14-7-12-13(8-15(14)30-2)22-19(27)17-16(18(12)26)23-25(24-17)9-31-20(28)10-3-5-11(21)6-4-10/h3-8H,9,21H2,1-2H3,(H,22,27). The van der Waals surface area contributed by atoms with Crippen molar-refractivity contribution in [3.8, 4) is 11.5 Å². The molecular formula is C20H17N5O6. The third-order valence-electron chi connectivity index (χ3n) is 4.56. The minimum Gasteiger partial charge on any atom is -0.493 e. The number of fused-ring (bicyclic) bond motifs is 2. The number of anilines is 1. The van der Waals surface area contributed by atoms with Crippen molar-refractivity contribution in [1.29, 1.82) is 0 Å². The van der Waals surface area contributed by atoms with Crippen LogP contribution in [-0.4, -0.2) is 40.2 Å². The zero-order chi connectivity index (χ0) is 22.1. The first-order valence-corrected chi connectivity index (χ1v) is 9.01. The number of hydrogen-bond acceptors (Lipinski definition) is 9. The Hall–Kier alpha value is -4.41. The predicted molar refractivity (Wildman–Crippen MR) is 111 cm³/mol. The molecule has 158 valence electrons. The van der Waals surface area contributed by atoms with Gasteiger partial charge < -0.3 is 24.9 Å². The van der Waals surface area contributed by atoms with E-state index in [0.29, 0.717) is 17.2 Å². The molecule has 3 N–H and O–H groups in total. The number of nitrogens with two attached hydrogens (primary N) is 1. The van der Waals surface area contributed by atoms with Crippen LogP contribution in [-0.2, 0) is 11.5 Å². The highest BCUT2D eigenvalue weighted by atomic mass is 16.5. The summed E-state index contributed by atoms with van der Waals surface area (Å²) in [6.07, 6.45) is 0. The van der Waals surface area contributed by atoms with Crippen molar-refractivity contribution >= 4 is 33.6 Å². The lowest BCUT2D eigenvalue weighted by molar-refractivity contribution is 0.0323. The average Bonchev–Trinajstić information content (AvgIpc) is 3.18. The van der Waals surface area contributed by atoms with Crippen LogP contribution in [0.1, 0.15) is 10.4 Å². The number of carbonyl (C=O) groups excluding carboxylic acids is 1. The van der Waals surface area contributed by atoms with Crippen molar-refractivity contribution in [2.45, 2.75) is 6.73 Å². The number of nitrogens with one attached hydrogen (secondary N) is 1. The van der Waals surface area contributed by atoms with Gasteiger partial charge in [-0.2, -0.15) is 0 Å². The van der Waals surface area contributed by atoms with E-state index in [2.05, 4.69) is 15.2 Å². The van der Waals surface area contributed by atoms with Crippen LogP contribution in [0.2, 0.25) is 0 Å². The van der Waals surface area contributed by atoms with Crippen molar-refractivity contribution in [2.75, 3.05) is 20.0 Å². The summed E-state index contributed by atoms with van der Waals surface area (Å²) in [7, 11) is 2.87. The quantitative estimate of drug-likeness (QED) is 0.354. The maximum atomic E-state index is 13.0. The summed E-state index contributed by atoms with van der Waals surface area (Å²) < 4.78 is 15.6. The van der Waals surface area contributed by atoms with Gasteiger partial charge in [-0.3, -0.25) is 9.59 Å². The first-order valence-electron chi connectivity index (χ1n) is 9.01. The molecule has 0 radical (unpaired) electrons. The molecule has 2 aromatic carbocycles. The molecule has 2 heterocycles. The van der Waals surface area contributed by atoms with Gasteiger partial charge in [-0.05, 0) is 30.3 Å². The lowest BCUT2D eigenvalue weighted by Gasteiger charge is -2.07. The van der Waals surface area contributed by atoms with E-state index in [0.717, 1.165) is 4.80 Å². The van der Waals surface area contributed by atoms with Gasteiger partial charge in [-0.1, -0.05) is 0 Å². The van der Waals surface area contributed by atoms with Gasteiger partial charge in [0.25, 0.3) is 5.56 Å². The number of carbonyl (C=O) groups is 1. The van der Waals surface area contributed by atoms with E-state index in [1.54, 1.807) is 12.1 Å². The molecule has 0 amide bonds. The Labute approximate surface area is 174 Å². The molecular weight excluding hydrogens is 406 g/mol. The molecule has 0 aliphatic rings. The molecule has 4 rings (SSSR count). The van der Waals surface area contributed by atoms with Crippen LogP contribution < -0.4 is 26.2 Å². The topological polar surface area (TPSA) is 151 Å². The van der Waals surface area contributed by atoms with E-state index in [1.165, 1.54) is 38.5 Å². The molecule has 0 atom stereocenters. The number of H-pyrrole nitrogens is 1. The summed E-state index contributed by atoms with van der Waals surface area (Å²) in [4.78, 5) is 41.3. The summed E-state index contributed by atoms with van der Waals surface area (Å²) >= 11 is 0. The lowest BCUT2D eigenvalue weighted by atomic mass is 10.2. The SMILES string of the molecule is COc1cc2[nH]c(=O)c3nn(COC(=O)c4ccc(N)cc4)nc3c(=O)c2cc1OC. The monoisotopic (exact) mass is 423 g/mol. The molecule has 0 bridgehead atoms. The second-order valence-electron chi connectivity index (χ2n) is 6.49. The van der Waals surface area contributed by atoms with Crippen molar-refractivity contribution in [3.63, 3.8) is 0 Å². The van der Waals surface area contributed by atoms with Gasteiger partial charge >= 0.3 is 5.97 Å². The first-order chi connectivity index (χ1) is 14.9. The molecule has 0 saturated carbocycles. The molecule has 0 aliphatic carbocycles. The first kappa shape index (κ1) is 19.9. The highest BCUT2D eigenvalue weighted by Gasteiger charge is 2.16. The number of hydrogen-bond donors (Lipinski definition) is 2. The van der Waals surface area contributed by atoms with Crippen molar-refractivity contribution in [3.05, 3.63) is 62.5 Å². The zero-order valence-electron chi connectivity index (χ0n) is 16.5. The van der Waals surface area contributed by atoms with Crippen LogP contribution in [0.3, 0.4) is 0 Å². The summed E-state index contributed by atoms with van der Waals surface area (Å²) in [5.74, 6) is 0.0315. The average molecular weight is 423 g/mol. The molecule has 11 heteroatoms. The fourth-order valence-electron chi connectivity index (χ4n) is 3.01. The molecule has 31 heavy (non-hydrogen) atoms. The Bertz CT molecular complexity index is 1420. The third kappa shape index (κ3) is 3.64. The Morgan fingerprint density at radius 3 is 2.35 bits per heavy atom. The van der Waals surface area contributed by atoms with Crippen LogP contribution in [0.15, 0.2) is 46.0 Å². The number of rotatable bonds is 5. The van der Waals surface area contributed by atoms with Gasteiger partial charge in [0.15, 0.2) is 22.5 Å². The van der Waals surface area contributed by atoms with Crippen LogP contribution >= 0.6 is 0 Å². The number of aromatic amines is 1.